The Morgan fingerprint density at radius 3 is 2.32 bits per heavy atom. The van der Waals surface area contributed by atoms with E-state index >= 15 is 0 Å². The number of carbonyl (C=O) groups excluding carboxylic acids is 1. The van der Waals surface area contributed by atoms with Crippen LogP contribution in [0.1, 0.15) is 25.2 Å². The Hall–Kier alpha value is -2.33. The van der Waals surface area contributed by atoms with Gasteiger partial charge >= 0.3 is 0 Å². The van der Waals surface area contributed by atoms with Crippen LogP contribution in [0.5, 0.6) is 0 Å². The van der Waals surface area contributed by atoms with Crippen LogP contribution in [0.4, 0.5) is 0 Å². The van der Waals surface area contributed by atoms with E-state index in [9.17, 15) is 4.79 Å². The third-order valence-electron chi connectivity index (χ3n) is 4.26. The highest BCUT2D eigenvalue weighted by molar-refractivity contribution is 8.00. The molecule has 0 aliphatic rings. The number of nitrogens with zero attached hydrogens (tertiary/aromatic N) is 6. The van der Waals surface area contributed by atoms with Crippen LogP contribution in [0, 0.1) is 6.92 Å². The summed E-state index contributed by atoms with van der Waals surface area (Å²) in [6.45, 7) is 7.26. The molecule has 0 spiro atoms. The Balaban J connectivity index is 1.65. The molecule has 0 saturated heterocycles. The number of benzene rings is 1. The molecule has 1 amide bonds. The van der Waals surface area contributed by atoms with E-state index < -0.39 is 0 Å². The summed E-state index contributed by atoms with van der Waals surface area (Å²) in [5, 5.41) is 9.34. The maximum absolute atomic E-state index is 12.1. The van der Waals surface area contributed by atoms with Gasteiger partial charge in [0.2, 0.25) is 16.2 Å². The van der Waals surface area contributed by atoms with Gasteiger partial charge in [0.1, 0.15) is 0 Å². The van der Waals surface area contributed by atoms with Gasteiger partial charge in [-0.25, -0.2) is 14.6 Å². The fraction of sp³-hybridized carbons (Fsp3) is 0.389. The second-order valence-electron chi connectivity index (χ2n) is 6.02. The molecule has 0 radical (unpaired) electrons. The second-order valence-corrected chi connectivity index (χ2v) is 7.91. The van der Waals surface area contributed by atoms with Gasteiger partial charge in [-0.15, -0.1) is 10.2 Å². The Bertz CT molecular complexity index is 972. The van der Waals surface area contributed by atoms with E-state index in [1.165, 1.54) is 28.2 Å². The quantitative estimate of drug-likeness (QED) is 0.440. The average molecular weight is 418 g/mol. The van der Waals surface area contributed by atoms with Crippen molar-refractivity contribution in [3.05, 3.63) is 35.7 Å². The first-order valence-electron chi connectivity index (χ1n) is 8.99. The van der Waals surface area contributed by atoms with Gasteiger partial charge in [-0.1, -0.05) is 35.7 Å². The van der Waals surface area contributed by atoms with Crippen molar-refractivity contribution in [3.63, 3.8) is 0 Å². The van der Waals surface area contributed by atoms with Crippen LogP contribution in [0.25, 0.3) is 11.0 Å². The highest BCUT2D eigenvalue weighted by atomic mass is 32.2. The minimum absolute atomic E-state index is 0.0641. The predicted molar refractivity (Wildman–Crippen MR) is 113 cm³/mol. The number of hydrogen-bond donors (Lipinski definition) is 1. The van der Waals surface area contributed by atoms with Gasteiger partial charge in [-0.2, -0.15) is 0 Å². The highest BCUT2D eigenvalue weighted by Gasteiger charge is 2.16. The molecule has 0 atom stereocenters. The minimum atomic E-state index is 0.0641. The number of amides is 1. The maximum atomic E-state index is 12.1. The van der Waals surface area contributed by atoms with Crippen molar-refractivity contribution in [2.45, 2.75) is 36.8 Å². The number of nitrogens with two attached hydrogens (primary N) is 1. The number of rotatable bonds is 8. The van der Waals surface area contributed by atoms with Crippen molar-refractivity contribution < 1.29 is 4.79 Å². The van der Waals surface area contributed by atoms with Gasteiger partial charge in [0.25, 0.3) is 0 Å². The summed E-state index contributed by atoms with van der Waals surface area (Å²) in [4.78, 5) is 23.2. The van der Waals surface area contributed by atoms with E-state index in [0.717, 1.165) is 22.4 Å². The highest BCUT2D eigenvalue weighted by Crippen LogP contribution is 2.25. The monoisotopic (exact) mass is 417 g/mol. The number of nitrogen functional groups attached to an aromatic ring is 1. The van der Waals surface area contributed by atoms with Gasteiger partial charge < -0.3 is 10.7 Å². The molecule has 148 valence electrons. The van der Waals surface area contributed by atoms with E-state index in [-0.39, 0.29) is 11.7 Å². The average Bonchev–Trinajstić information content (AvgIpc) is 3.05. The number of hydrogen-bond acceptors (Lipinski definition) is 8. The Morgan fingerprint density at radius 1 is 1.07 bits per heavy atom. The smallest absolute Gasteiger partial charge is 0.233 e. The normalized spacial score (nSPS) is 11.1. The van der Waals surface area contributed by atoms with E-state index in [4.69, 9.17) is 5.84 Å². The molecular formula is C18H23N7OS2. The van der Waals surface area contributed by atoms with Crippen LogP contribution >= 0.6 is 23.5 Å². The summed E-state index contributed by atoms with van der Waals surface area (Å²) < 4.78 is 1.43. The molecule has 2 N–H and O–H groups in total. The summed E-state index contributed by atoms with van der Waals surface area (Å²) in [6.07, 6.45) is 0. The van der Waals surface area contributed by atoms with Crippen LogP contribution in [0.3, 0.4) is 0 Å². The standard InChI is InChI=1S/C18H23N7OS2/c1-4-24(5-2)16(26)11-28-18-23-22-17(25(18)19)27-10-15-12(3)20-13-8-6-7-9-14(13)21-15/h6-9H,4-5,10-11,19H2,1-3H3. The molecule has 0 aliphatic heterocycles. The summed E-state index contributed by atoms with van der Waals surface area (Å²) in [6, 6.07) is 7.80. The van der Waals surface area contributed by atoms with Gasteiger partial charge in [0.05, 0.1) is 28.2 Å². The number of aromatic nitrogens is 5. The molecule has 8 nitrogen and oxygen atoms in total. The lowest BCUT2D eigenvalue weighted by Gasteiger charge is -2.17. The zero-order chi connectivity index (χ0) is 20.1. The van der Waals surface area contributed by atoms with E-state index in [2.05, 4.69) is 20.2 Å². The van der Waals surface area contributed by atoms with Crippen LogP contribution in [0.2, 0.25) is 0 Å². The van der Waals surface area contributed by atoms with Gasteiger partial charge in [-0.05, 0) is 32.9 Å². The van der Waals surface area contributed by atoms with Crippen molar-refractivity contribution in [3.8, 4) is 0 Å². The minimum Gasteiger partial charge on any atom is -0.343 e. The topological polar surface area (TPSA) is 103 Å². The Kier molecular flexibility index (Phi) is 6.74. The molecule has 0 bridgehead atoms. The molecule has 0 fully saturated rings. The van der Waals surface area contributed by atoms with Crippen LogP contribution < -0.4 is 5.84 Å². The number of aryl methyl sites for hydroxylation is 1. The van der Waals surface area contributed by atoms with E-state index in [1.807, 2.05) is 45.0 Å². The summed E-state index contributed by atoms with van der Waals surface area (Å²) in [5.41, 5.74) is 3.52. The largest absolute Gasteiger partial charge is 0.343 e. The summed E-state index contributed by atoms with van der Waals surface area (Å²) >= 11 is 2.74. The molecule has 0 aliphatic carbocycles. The van der Waals surface area contributed by atoms with Crippen LogP contribution in [-0.2, 0) is 10.5 Å². The molecule has 28 heavy (non-hydrogen) atoms. The van der Waals surface area contributed by atoms with Crippen molar-refractivity contribution >= 4 is 40.5 Å². The van der Waals surface area contributed by atoms with E-state index in [1.54, 1.807) is 4.90 Å². The fourth-order valence-corrected chi connectivity index (χ4v) is 4.33. The Labute approximate surface area is 172 Å². The SMILES string of the molecule is CCN(CC)C(=O)CSc1nnc(SCc2nc3ccccc3nc2C)n1N. The fourth-order valence-electron chi connectivity index (χ4n) is 2.65. The number of carbonyl (C=O) groups is 1. The molecule has 1 aromatic carbocycles. The maximum Gasteiger partial charge on any atom is 0.233 e. The van der Waals surface area contributed by atoms with E-state index in [0.29, 0.717) is 29.2 Å². The molecule has 2 aromatic heterocycles. The van der Waals surface area contributed by atoms with Crippen LogP contribution in [-0.4, -0.2) is 54.5 Å². The predicted octanol–water partition coefficient (Wildman–Crippen LogP) is 2.50. The molecule has 0 unspecified atom stereocenters. The van der Waals surface area contributed by atoms with Gasteiger partial charge in [-0.3, -0.25) is 4.79 Å². The molecule has 10 heteroatoms. The zero-order valence-electron chi connectivity index (χ0n) is 16.1. The lowest BCUT2D eigenvalue weighted by Crippen LogP contribution is -2.32. The first kappa shape index (κ1) is 20.4. The van der Waals surface area contributed by atoms with Gasteiger partial charge in [0, 0.05) is 18.8 Å². The summed E-state index contributed by atoms with van der Waals surface area (Å²) in [5.74, 6) is 7.05. The molecule has 3 rings (SSSR count). The first-order valence-corrected chi connectivity index (χ1v) is 11.0. The first-order chi connectivity index (χ1) is 13.5. The van der Waals surface area contributed by atoms with Crippen molar-refractivity contribution in [1.82, 2.24) is 29.7 Å². The zero-order valence-corrected chi connectivity index (χ0v) is 17.8. The van der Waals surface area contributed by atoms with Crippen LogP contribution in [0.15, 0.2) is 34.6 Å². The number of fused-ring (bicyclic) bond motifs is 1. The molecule has 2 heterocycles. The lowest BCUT2D eigenvalue weighted by atomic mass is 10.2. The second kappa shape index (κ2) is 9.24. The molecule has 0 saturated carbocycles. The number of thioether (sulfide) groups is 2. The third-order valence-corrected chi connectivity index (χ3v) is 6.14. The van der Waals surface area contributed by atoms with Crippen molar-refractivity contribution in [1.29, 1.82) is 0 Å². The van der Waals surface area contributed by atoms with Gasteiger partial charge in [0.15, 0.2) is 0 Å². The van der Waals surface area contributed by atoms with Crippen molar-refractivity contribution in [2.75, 3.05) is 24.7 Å². The summed E-state index contributed by atoms with van der Waals surface area (Å²) in [7, 11) is 0. The molecule has 3 aromatic rings. The third kappa shape index (κ3) is 4.56. The lowest BCUT2D eigenvalue weighted by molar-refractivity contribution is -0.127. The molecular weight excluding hydrogens is 394 g/mol. The Morgan fingerprint density at radius 2 is 1.68 bits per heavy atom. The van der Waals surface area contributed by atoms with Crippen molar-refractivity contribution in [2.24, 2.45) is 0 Å². The number of para-hydroxylation sites is 2.